The summed E-state index contributed by atoms with van der Waals surface area (Å²) in [6.45, 7) is 9.28. The highest BCUT2D eigenvalue weighted by atomic mass is 32.2. The van der Waals surface area contributed by atoms with Gasteiger partial charge in [-0.15, -0.1) is 0 Å². The summed E-state index contributed by atoms with van der Waals surface area (Å²) in [7, 11) is -2.25. The number of benzene rings is 1. The van der Waals surface area contributed by atoms with Crippen molar-refractivity contribution in [2.24, 2.45) is 0 Å². The third kappa shape index (κ3) is 4.71. The second-order valence-electron chi connectivity index (χ2n) is 7.95. The van der Waals surface area contributed by atoms with Crippen molar-refractivity contribution in [1.82, 2.24) is 14.4 Å². The molecule has 1 aliphatic heterocycles. The van der Waals surface area contributed by atoms with Crippen molar-refractivity contribution < 1.29 is 22.4 Å². The molecule has 0 bridgehead atoms. The normalized spacial score (nSPS) is 17.1. The van der Waals surface area contributed by atoms with Gasteiger partial charge in [0.05, 0.1) is 20.3 Å². The lowest BCUT2D eigenvalue weighted by atomic mass is 9.96. The van der Waals surface area contributed by atoms with Gasteiger partial charge in [0.2, 0.25) is 15.9 Å². The van der Waals surface area contributed by atoms with Crippen molar-refractivity contribution in [1.29, 1.82) is 0 Å². The first-order valence-corrected chi connectivity index (χ1v) is 10.9. The van der Waals surface area contributed by atoms with E-state index in [2.05, 4.69) is 15.5 Å². The maximum Gasteiger partial charge on any atom is 0.248 e. The summed E-state index contributed by atoms with van der Waals surface area (Å²) in [5.74, 6) is 1.34. The molecular formula is C19H28N4O5S. The first kappa shape index (κ1) is 21.5. The Hall–Kier alpha value is -2.17. The minimum absolute atomic E-state index is 0.111. The van der Waals surface area contributed by atoms with Gasteiger partial charge in [-0.1, -0.05) is 25.9 Å². The predicted molar refractivity (Wildman–Crippen MR) is 108 cm³/mol. The summed E-state index contributed by atoms with van der Waals surface area (Å²) in [5, 5.41) is 7.27. The summed E-state index contributed by atoms with van der Waals surface area (Å²) in [6.07, 6.45) is 0. The molecule has 1 fully saturated rings. The zero-order valence-corrected chi connectivity index (χ0v) is 18.2. The van der Waals surface area contributed by atoms with E-state index in [1.165, 1.54) is 11.4 Å². The quantitative estimate of drug-likeness (QED) is 0.754. The van der Waals surface area contributed by atoms with Crippen LogP contribution >= 0.6 is 0 Å². The average molecular weight is 425 g/mol. The molecule has 1 atom stereocenters. The van der Waals surface area contributed by atoms with Crippen molar-refractivity contribution in [2.75, 3.05) is 38.7 Å². The molecule has 1 aromatic carbocycles. The Morgan fingerprint density at radius 3 is 2.52 bits per heavy atom. The number of hydrogen-bond acceptors (Lipinski definition) is 8. The van der Waals surface area contributed by atoms with E-state index in [0.29, 0.717) is 49.5 Å². The van der Waals surface area contributed by atoms with Crippen molar-refractivity contribution in [3.05, 3.63) is 29.9 Å². The van der Waals surface area contributed by atoms with Crippen LogP contribution in [0.1, 0.15) is 45.5 Å². The average Bonchev–Trinajstić information content (AvgIpc) is 3.19. The fraction of sp³-hybridized carbons (Fsp3) is 0.579. The highest BCUT2D eigenvalue weighted by Gasteiger charge is 2.30. The van der Waals surface area contributed by atoms with Crippen molar-refractivity contribution in [3.63, 3.8) is 0 Å². The molecule has 29 heavy (non-hydrogen) atoms. The van der Waals surface area contributed by atoms with Crippen LogP contribution in [0, 0.1) is 0 Å². The van der Waals surface area contributed by atoms with Crippen LogP contribution in [0.2, 0.25) is 0 Å². The number of anilines is 1. The number of nitrogens with zero attached hydrogens (tertiary/aromatic N) is 3. The largest absolute Gasteiger partial charge is 0.495 e. The van der Waals surface area contributed by atoms with Gasteiger partial charge >= 0.3 is 0 Å². The van der Waals surface area contributed by atoms with Crippen molar-refractivity contribution in [2.45, 2.75) is 44.0 Å². The lowest BCUT2D eigenvalue weighted by Gasteiger charge is -2.27. The molecule has 0 aliphatic carbocycles. The van der Waals surface area contributed by atoms with Crippen LogP contribution in [0.5, 0.6) is 5.75 Å². The molecular weight excluding hydrogens is 396 g/mol. The van der Waals surface area contributed by atoms with E-state index in [1.807, 2.05) is 27.7 Å². The number of morpholine rings is 1. The molecule has 1 N–H and O–H groups in total. The summed E-state index contributed by atoms with van der Waals surface area (Å²) < 4.78 is 43.6. The minimum atomic E-state index is -3.71. The number of methoxy groups -OCH3 is 1. The number of aromatic nitrogens is 2. The van der Waals surface area contributed by atoms with Gasteiger partial charge < -0.3 is 19.3 Å². The smallest absolute Gasteiger partial charge is 0.248 e. The molecule has 0 spiro atoms. The molecule has 0 radical (unpaired) electrons. The molecule has 10 heteroatoms. The van der Waals surface area contributed by atoms with Crippen molar-refractivity contribution >= 4 is 15.7 Å². The third-order valence-corrected chi connectivity index (χ3v) is 6.54. The molecule has 3 rings (SSSR count). The van der Waals surface area contributed by atoms with Gasteiger partial charge in [-0.2, -0.15) is 9.29 Å². The summed E-state index contributed by atoms with van der Waals surface area (Å²) in [6, 6.07) is 4.66. The van der Waals surface area contributed by atoms with Gasteiger partial charge in [0.25, 0.3) is 0 Å². The van der Waals surface area contributed by atoms with E-state index in [-0.39, 0.29) is 16.4 Å². The van der Waals surface area contributed by atoms with Gasteiger partial charge in [0.1, 0.15) is 16.7 Å². The first-order chi connectivity index (χ1) is 13.6. The van der Waals surface area contributed by atoms with E-state index in [4.69, 9.17) is 14.0 Å². The number of rotatable bonds is 6. The van der Waals surface area contributed by atoms with Crippen LogP contribution in [-0.2, 0) is 20.2 Å². The molecule has 1 aliphatic rings. The van der Waals surface area contributed by atoms with Crippen LogP contribution in [0.25, 0.3) is 0 Å². The second-order valence-corrected chi connectivity index (χ2v) is 9.86. The number of hydrogen-bond donors (Lipinski definition) is 1. The first-order valence-electron chi connectivity index (χ1n) is 9.49. The molecule has 1 saturated heterocycles. The number of sulfonamides is 1. The van der Waals surface area contributed by atoms with Crippen LogP contribution in [0.15, 0.2) is 27.6 Å². The third-order valence-electron chi connectivity index (χ3n) is 4.62. The summed E-state index contributed by atoms with van der Waals surface area (Å²) in [5.41, 5.74) is 0.390. The van der Waals surface area contributed by atoms with Gasteiger partial charge in [-0.05, 0) is 25.1 Å². The van der Waals surface area contributed by atoms with Gasteiger partial charge in [-0.3, -0.25) is 0 Å². The zero-order valence-electron chi connectivity index (χ0n) is 17.4. The Morgan fingerprint density at radius 1 is 1.24 bits per heavy atom. The monoisotopic (exact) mass is 424 g/mol. The fourth-order valence-electron chi connectivity index (χ4n) is 2.92. The second kappa shape index (κ2) is 8.29. The Kier molecular flexibility index (Phi) is 6.16. The lowest BCUT2D eigenvalue weighted by Crippen LogP contribution is -2.40. The summed E-state index contributed by atoms with van der Waals surface area (Å²) >= 11 is 0. The molecule has 1 unspecified atom stereocenters. The van der Waals surface area contributed by atoms with Crippen molar-refractivity contribution in [3.8, 4) is 5.75 Å². The van der Waals surface area contributed by atoms with E-state index in [9.17, 15) is 8.42 Å². The summed E-state index contributed by atoms with van der Waals surface area (Å²) in [4.78, 5) is 4.56. The molecule has 0 amide bonds. The highest BCUT2D eigenvalue weighted by Crippen LogP contribution is 2.31. The molecule has 2 heterocycles. The number of ether oxygens (including phenoxy) is 2. The topological polar surface area (TPSA) is 107 Å². The molecule has 9 nitrogen and oxygen atoms in total. The van der Waals surface area contributed by atoms with Crippen LogP contribution in [-0.4, -0.2) is 56.3 Å². The minimum Gasteiger partial charge on any atom is -0.495 e. The van der Waals surface area contributed by atoms with E-state index in [0.717, 1.165) is 0 Å². The Balaban J connectivity index is 1.85. The van der Waals surface area contributed by atoms with E-state index in [1.54, 1.807) is 18.2 Å². The molecule has 2 aromatic rings. The van der Waals surface area contributed by atoms with Crippen LogP contribution in [0.4, 0.5) is 5.69 Å². The highest BCUT2D eigenvalue weighted by molar-refractivity contribution is 7.89. The SMILES string of the molecule is COc1ccc(NC(C)c2nc(C(C)(C)C)no2)cc1S(=O)(=O)N1CCOCC1. The van der Waals surface area contributed by atoms with E-state index < -0.39 is 10.0 Å². The lowest BCUT2D eigenvalue weighted by molar-refractivity contribution is 0.0729. The molecule has 1 aromatic heterocycles. The zero-order chi connectivity index (χ0) is 21.2. The van der Waals surface area contributed by atoms with E-state index >= 15 is 0 Å². The molecule has 0 saturated carbocycles. The van der Waals surface area contributed by atoms with Crippen LogP contribution in [0.3, 0.4) is 0 Å². The Bertz CT molecular complexity index is 946. The standard InChI is InChI=1S/C19H28N4O5S/c1-13(17-21-18(22-28-17)19(2,3)4)20-14-6-7-15(26-5)16(12-14)29(24,25)23-8-10-27-11-9-23/h6-7,12-13,20H,8-11H2,1-5H3. The van der Waals surface area contributed by atoms with Gasteiger partial charge in [-0.25, -0.2) is 8.42 Å². The Labute approximate surface area is 171 Å². The van der Waals surface area contributed by atoms with Gasteiger partial charge in [0.15, 0.2) is 5.82 Å². The Morgan fingerprint density at radius 2 is 1.93 bits per heavy atom. The van der Waals surface area contributed by atoms with Gasteiger partial charge in [0, 0.05) is 24.2 Å². The molecule has 160 valence electrons. The fourth-order valence-corrected chi connectivity index (χ4v) is 4.51. The maximum absolute atomic E-state index is 13.1. The predicted octanol–water partition coefficient (Wildman–Crippen LogP) is 2.57. The van der Waals surface area contributed by atoms with Crippen LogP contribution < -0.4 is 10.1 Å². The maximum atomic E-state index is 13.1. The number of nitrogens with one attached hydrogen (secondary N) is 1.